The second-order valence-corrected chi connectivity index (χ2v) is 6.86. The van der Waals surface area contributed by atoms with Gasteiger partial charge in [0.2, 0.25) is 15.9 Å². The Morgan fingerprint density at radius 3 is 2.46 bits per heavy atom. The topological polar surface area (TPSA) is 99.1 Å². The third-order valence-corrected chi connectivity index (χ3v) is 4.57. The molecular formula is C16H12F3N3O3S. The van der Waals surface area contributed by atoms with Gasteiger partial charge in [-0.25, -0.2) is 13.1 Å². The minimum absolute atomic E-state index is 0.285. The van der Waals surface area contributed by atoms with Gasteiger partial charge in [-0.3, -0.25) is 4.79 Å². The van der Waals surface area contributed by atoms with Gasteiger partial charge in [0.25, 0.3) is 0 Å². The highest BCUT2D eigenvalue weighted by molar-refractivity contribution is 7.89. The molecule has 26 heavy (non-hydrogen) atoms. The summed E-state index contributed by atoms with van der Waals surface area (Å²) in [5.74, 6) is -0.740. The van der Waals surface area contributed by atoms with Crippen LogP contribution in [0.15, 0.2) is 53.4 Å². The van der Waals surface area contributed by atoms with Crippen molar-refractivity contribution in [3.63, 3.8) is 0 Å². The lowest BCUT2D eigenvalue weighted by molar-refractivity contribution is -0.137. The predicted octanol–water partition coefficient (Wildman–Crippen LogP) is 2.49. The van der Waals surface area contributed by atoms with Gasteiger partial charge < -0.3 is 5.32 Å². The number of hydrogen-bond acceptors (Lipinski definition) is 4. The van der Waals surface area contributed by atoms with Crippen LogP contribution in [0.4, 0.5) is 18.9 Å². The third-order valence-electron chi connectivity index (χ3n) is 3.17. The number of nitrogens with one attached hydrogen (secondary N) is 2. The molecule has 0 radical (unpaired) electrons. The van der Waals surface area contributed by atoms with Crippen molar-refractivity contribution in [2.45, 2.75) is 11.1 Å². The van der Waals surface area contributed by atoms with Crippen molar-refractivity contribution < 1.29 is 26.4 Å². The molecule has 0 saturated carbocycles. The maximum absolute atomic E-state index is 12.7. The van der Waals surface area contributed by atoms with E-state index in [1.165, 1.54) is 24.3 Å². The Labute approximate surface area is 147 Å². The summed E-state index contributed by atoms with van der Waals surface area (Å²) >= 11 is 0. The molecule has 0 bridgehead atoms. The number of carbonyl (C=O) groups is 1. The summed E-state index contributed by atoms with van der Waals surface area (Å²) in [5, 5.41) is 11.2. The number of halogens is 3. The molecule has 6 nitrogen and oxygen atoms in total. The van der Waals surface area contributed by atoms with E-state index in [1.807, 2.05) is 10.8 Å². The number of amides is 1. The van der Waals surface area contributed by atoms with Crippen molar-refractivity contribution in [3.05, 3.63) is 59.7 Å². The molecule has 0 aliphatic carbocycles. The first-order valence-corrected chi connectivity index (χ1v) is 8.57. The molecule has 1 amide bonds. The predicted molar refractivity (Wildman–Crippen MR) is 86.4 cm³/mol. The number of nitrogens with zero attached hydrogens (tertiary/aromatic N) is 1. The Balaban J connectivity index is 2.06. The van der Waals surface area contributed by atoms with Crippen LogP contribution in [-0.4, -0.2) is 20.9 Å². The fourth-order valence-corrected chi connectivity index (χ4v) is 2.98. The average molecular weight is 383 g/mol. The molecule has 0 aliphatic heterocycles. The Kier molecular flexibility index (Phi) is 5.64. The fraction of sp³-hybridized carbons (Fsp3) is 0.125. The van der Waals surface area contributed by atoms with Gasteiger partial charge in [-0.15, -0.1) is 0 Å². The molecule has 2 aromatic rings. The molecule has 2 rings (SSSR count). The molecule has 2 aromatic carbocycles. The number of alkyl halides is 3. The largest absolute Gasteiger partial charge is 0.416 e. The number of rotatable bonds is 5. The highest BCUT2D eigenvalue weighted by Crippen LogP contribution is 2.30. The first-order chi connectivity index (χ1) is 12.1. The van der Waals surface area contributed by atoms with E-state index >= 15 is 0 Å². The lowest BCUT2D eigenvalue weighted by atomic mass is 10.2. The van der Waals surface area contributed by atoms with E-state index in [4.69, 9.17) is 5.26 Å². The zero-order valence-corrected chi connectivity index (χ0v) is 13.9. The summed E-state index contributed by atoms with van der Waals surface area (Å²) in [6.45, 7) is -0.685. The number of sulfonamides is 1. The van der Waals surface area contributed by atoms with E-state index in [0.29, 0.717) is 11.6 Å². The Hall–Kier alpha value is -2.90. The fourth-order valence-electron chi connectivity index (χ4n) is 1.96. The molecule has 0 atom stereocenters. The van der Waals surface area contributed by atoms with Crippen molar-refractivity contribution in [2.75, 3.05) is 11.9 Å². The van der Waals surface area contributed by atoms with Crippen LogP contribution >= 0.6 is 0 Å². The van der Waals surface area contributed by atoms with Crippen molar-refractivity contribution in [1.82, 2.24) is 4.72 Å². The number of carbonyl (C=O) groups excluding carboxylic acids is 1. The Bertz CT molecular complexity index is 966. The maximum atomic E-state index is 12.7. The normalized spacial score (nSPS) is 11.6. The van der Waals surface area contributed by atoms with Crippen LogP contribution in [0.5, 0.6) is 0 Å². The molecule has 0 spiro atoms. The molecule has 2 N–H and O–H groups in total. The smallest absolute Gasteiger partial charge is 0.325 e. The summed E-state index contributed by atoms with van der Waals surface area (Å²) < 4.78 is 64.1. The van der Waals surface area contributed by atoms with Gasteiger partial charge in [-0.1, -0.05) is 12.1 Å². The summed E-state index contributed by atoms with van der Waals surface area (Å²) in [5.41, 5.74) is -0.530. The molecular weight excluding hydrogens is 371 g/mol. The van der Waals surface area contributed by atoms with Gasteiger partial charge in [-0.2, -0.15) is 18.4 Å². The third kappa shape index (κ3) is 5.05. The van der Waals surface area contributed by atoms with Gasteiger partial charge in [0.1, 0.15) is 0 Å². The summed E-state index contributed by atoms with van der Waals surface area (Å²) in [7, 11) is -4.31. The van der Waals surface area contributed by atoms with E-state index in [9.17, 15) is 26.4 Å². The number of anilines is 1. The Morgan fingerprint density at radius 2 is 1.81 bits per heavy atom. The van der Waals surface area contributed by atoms with Crippen LogP contribution in [0.25, 0.3) is 0 Å². The summed E-state index contributed by atoms with van der Waals surface area (Å²) in [4.78, 5) is 11.2. The highest BCUT2D eigenvalue weighted by Gasteiger charge is 2.31. The van der Waals surface area contributed by atoms with Gasteiger partial charge in [0.05, 0.1) is 28.6 Å². The zero-order chi connectivity index (χ0) is 19.4. The highest BCUT2D eigenvalue weighted by atomic mass is 32.2. The summed E-state index contributed by atoms with van der Waals surface area (Å²) in [6.07, 6.45) is -4.69. The molecule has 0 heterocycles. The number of nitriles is 1. The van der Waals surface area contributed by atoms with Crippen molar-refractivity contribution in [1.29, 1.82) is 5.26 Å². The maximum Gasteiger partial charge on any atom is 0.416 e. The molecule has 136 valence electrons. The molecule has 0 fully saturated rings. The van der Waals surface area contributed by atoms with Gasteiger partial charge in [-0.05, 0) is 36.4 Å². The second kappa shape index (κ2) is 7.55. The SMILES string of the molecule is N#Cc1cccc(NC(=O)CNS(=O)(=O)c2cccc(C(F)(F)F)c2)c1. The standard InChI is InChI=1S/C16H12F3N3O3S/c17-16(18,19)12-4-2-6-14(8-12)26(24,25)21-10-15(23)22-13-5-1-3-11(7-13)9-20/h1-8,21H,10H2,(H,22,23). The first kappa shape index (κ1) is 19.4. The van der Waals surface area contributed by atoms with Crippen LogP contribution in [0, 0.1) is 11.3 Å². The van der Waals surface area contributed by atoms with Crippen LogP contribution in [0.2, 0.25) is 0 Å². The molecule has 0 aromatic heterocycles. The first-order valence-electron chi connectivity index (χ1n) is 7.09. The van der Waals surface area contributed by atoms with Crippen molar-refractivity contribution in [2.24, 2.45) is 0 Å². The van der Waals surface area contributed by atoms with E-state index in [0.717, 1.165) is 18.2 Å². The van der Waals surface area contributed by atoms with Gasteiger partial charge in [0.15, 0.2) is 0 Å². The van der Waals surface area contributed by atoms with Crippen molar-refractivity contribution >= 4 is 21.6 Å². The second-order valence-electron chi connectivity index (χ2n) is 5.09. The van der Waals surface area contributed by atoms with E-state index < -0.39 is 39.1 Å². The molecule has 0 unspecified atom stereocenters. The van der Waals surface area contributed by atoms with Crippen molar-refractivity contribution in [3.8, 4) is 6.07 Å². The van der Waals surface area contributed by atoms with Crippen LogP contribution < -0.4 is 10.0 Å². The van der Waals surface area contributed by atoms with Gasteiger partial charge in [0, 0.05) is 5.69 Å². The van der Waals surface area contributed by atoms with Crippen LogP contribution in [0.3, 0.4) is 0 Å². The number of hydrogen-bond donors (Lipinski definition) is 2. The quantitative estimate of drug-likeness (QED) is 0.829. The summed E-state index contributed by atoms with van der Waals surface area (Å²) in [6, 6.07) is 11.0. The van der Waals surface area contributed by atoms with Crippen LogP contribution in [-0.2, 0) is 21.0 Å². The monoisotopic (exact) mass is 383 g/mol. The zero-order valence-electron chi connectivity index (χ0n) is 13.0. The minimum Gasteiger partial charge on any atom is -0.325 e. The lowest BCUT2D eigenvalue weighted by Gasteiger charge is -2.10. The lowest BCUT2D eigenvalue weighted by Crippen LogP contribution is -2.33. The minimum atomic E-state index is -4.69. The molecule has 10 heteroatoms. The Morgan fingerprint density at radius 1 is 1.12 bits per heavy atom. The van der Waals surface area contributed by atoms with E-state index in [1.54, 1.807) is 0 Å². The van der Waals surface area contributed by atoms with Gasteiger partial charge >= 0.3 is 6.18 Å². The van der Waals surface area contributed by atoms with E-state index in [-0.39, 0.29) is 5.69 Å². The molecule has 0 aliphatic rings. The van der Waals surface area contributed by atoms with Crippen LogP contribution in [0.1, 0.15) is 11.1 Å². The molecule has 0 saturated heterocycles. The average Bonchev–Trinajstić information content (AvgIpc) is 2.60. The number of benzene rings is 2. The van der Waals surface area contributed by atoms with E-state index in [2.05, 4.69) is 5.32 Å².